The zero-order valence-corrected chi connectivity index (χ0v) is 12.0. The van der Waals surface area contributed by atoms with Gasteiger partial charge >= 0.3 is 0 Å². The predicted molar refractivity (Wildman–Crippen MR) is 77.7 cm³/mol. The highest BCUT2D eigenvalue weighted by molar-refractivity contribution is 5.58. The zero-order chi connectivity index (χ0) is 13.8. The average Bonchev–Trinajstić information content (AvgIpc) is 2.85. The molecule has 0 saturated carbocycles. The van der Waals surface area contributed by atoms with Crippen molar-refractivity contribution in [1.82, 2.24) is 9.78 Å². The number of hydrogen-bond acceptors (Lipinski definition) is 3. The van der Waals surface area contributed by atoms with E-state index >= 15 is 0 Å². The third kappa shape index (κ3) is 3.28. The molecule has 2 rings (SSSR count). The minimum atomic E-state index is 0.391. The standard InChI is InChI=1S/C15H21N3O/c1-11(2)18-10-13(9-17-18)8-16-14-7-12(3)5-6-15(14)19-4/h5-7,9-11,16H,8H2,1-4H3. The number of hydrogen-bond donors (Lipinski definition) is 1. The van der Waals surface area contributed by atoms with Crippen LogP contribution in [0.4, 0.5) is 5.69 Å². The molecule has 0 atom stereocenters. The molecule has 1 aromatic heterocycles. The molecule has 0 fully saturated rings. The maximum absolute atomic E-state index is 5.35. The van der Waals surface area contributed by atoms with Crippen LogP contribution in [0.15, 0.2) is 30.6 Å². The zero-order valence-electron chi connectivity index (χ0n) is 12.0. The summed E-state index contributed by atoms with van der Waals surface area (Å²) in [6.45, 7) is 7.05. The summed E-state index contributed by atoms with van der Waals surface area (Å²) in [5.74, 6) is 0.863. The molecule has 0 unspecified atom stereocenters. The number of nitrogens with one attached hydrogen (secondary N) is 1. The Hall–Kier alpha value is -1.97. The summed E-state index contributed by atoms with van der Waals surface area (Å²) in [7, 11) is 1.69. The van der Waals surface area contributed by atoms with Crippen molar-refractivity contribution in [2.24, 2.45) is 0 Å². The maximum atomic E-state index is 5.35. The minimum Gasteiger partial charge on any atom is -0.495 e. The van der Waals surface area contributed by atoms with Crippen LogP contribution in [0.2, 0.25) is 0 Å². The highest BCUT2D eigenvalue weighted by atomic mass is 16.5. The van der Waals surface area contributed by atoms with E-state index in [0.29, 0.717) is 6.04 Å². The quantitative estimate of drug-likeness (QED) is 0.894. The molecule has 1 heterocycles. The van der Waals surface area contributed by atoms with Crippen LogP contribution in [-0.4, -0.2) is 16.9 Å². The van der Waals surface area contributed by atoms with Crippen LogP contribution in [-0.2, 0) is 6.54 Å². The number of aryl methyl sites for hydroxylation is 1. The fraction of sp³-hybridized carbons (Fsp3) is 0.400. The summed E-state index contributed by atoms with van der Waals surface area (Å²) in [4.78, 5) is 0. The normalized spacial score (nSPS) is 10.8. The molecule has 4 nitrogen and oxygen atoms in total. The van der Waals surface area contributed by atoms with Crippen LogP contribution in [0, 0.1) is 6.92 Å². The molecule has 0 aliphatic carbocycles. The molecule has 0 amide bonds. The monoisotopic (exact) mass is 259 g/mol. The Kier molecular flexibility index (Phi) is 4.10. The molecule has 102 valence electrons. The van der Waals surface area contributed by atoms with Crippen molar-refractivity contribution in [3.05, 3.63) is 41.7 Å². The molecule has 0 spiro atoms. The number of aromatic nitrogens is 2. The Morgan fingerprint density at radius 2 is 2.16 bits per heavy atom. The SMILES string of the molecule is COc1ccc(C)cc1NCc1cnn(C(C)C)c1. The van der Waals surface area contributed by atoms with Crippen molar-refractivity contribution in [2.75, 3.05) is 12.4 Å². The maximum Gasteiger partial charge on any atom is 0.141 e. The average molecular weight is 259 g/mol. The van der Waals surface area contributed by atoms with Crippen molar-refractivity contribution in [3.63, 3.8) is 0 Å². The minimum absolute atomic E-state index is 0.391. The van der Waals surface area contributed by atoms with Gasteiger partial charge in [-0.1, -0.05) is 6.07 Å². The summed E-state index contributed by atoms with van der Waals surface area (Å²) >= 11 is 0. The first-order valence-corrected chi connectivity index (χ1v) is 6.51. The molecule has 0 aliphatic heterocycles. The summed E-state index contributed by atoms with van der Waals surface area (Å²) in [6, 6.07) is 6.50. The molecule has 19 heavy (non-hydrogen) atoms. The highest BCUT2D eigenvalue weighted by Crippen LogP contribution is 2.25. The Balaban J connectivity index is 2.07. The summed E-state index contributed by atoms with van der Waals surface area (Å²) in [5, 5.41) is 7.73. The first kappa shape index (κ1) is 13.5. The van der Waals surface area contributed by atoms with Crippen LogP contribution in [0.1, 0.15) is 31.0 Å². The third-order valence-corrected chi connectivity index (χ3v) is 3.02. The van der Waals surface area contributed by atoms with E-state index < -0.39 is 0 Å². The largest absolute Gasteiger partial charge is 0.495 e. The van der Waals surface area contributed by atoms with Crippen molar-refractivity contribution < 1.29 is 4.74 Å². The predicted octanol–water partition coefficient (Wildman–Crippen LogP) is 3.39. The lowest BCUT2D eigenvalue weighted by molar-refractivity contribution is 0.416. The van der Waals surface area contributed by atoms with Crippen LogP contribution < -0.4 is 10.1 Å². The number of benzene rings is 1. The molecular weight excluding hydrogens is 238 g/mol. The van der Waals surface area contributed by atoms with Gasteiger partial charge in [0, 0.05) is 24.3 Å². The second-order valence-corrected chi connectivity index (χ2v) is 4.98. The first-order chi connectivity index (χ1) is 9.10. The van der Waals surface area contributed by atoms with E-state index in [-0.39, 0.29) is 0 Å². The van der Waals surface area contributed by atoms with Crippen LogP contribution in [0.5, 0.6) is 5.75 Å². The van der Waals surface area contributed by atoms with E-state index in [0.717, 1.165) is 23.5 Å². The van der Waals surface area contributed by atoms with E-state index in [1.165, 1.54) is 5.56 Å². The number of ether oxygens (including phenoxy) is 1. The fourth-order valence-electron chi connectivity index (χ4n) is 1.91. The van der Waals surface area contributed by atoms with Gasteiger partial charge in [-0.25, -0.2) is 0 Å². The van der Waals surface area contributed by atoms with Crippen molar-refractivity contribution in [2.45, 2.75) is 33.4 Å². The Morgan fingerprint density at radius 1 is 1.37 bits per heavy atom. The molecular formula is C15H21N3O. The Morgan fingerprint density at radius 3 is 2.79 bits per heavy atom. The third-order valence-electron chi connectivity index (χ3n) is 3.02. The van der Waals surface area contributed by atoms with Crippen molar-refractivity contribution >= 4 is 5.69 Å². The smallest absolute Gasteiger partial charge is 0.141 e. The first-order valence-electron chi connectivity index (χ1n) is 6.51. The van der Waals surface area contributed by atoms with Gasteiger partial charge in [0.15, 0.2) is 0 Å². The van der Waals surface area contributed by atoms with Gasteiger partial charge in [-0.15, -0.1) is 0 Å². The summed E-state index contributed by atoms with van der Waals surface area (Å²) < 4.78 is 7.31. The molecule has 0 radical (unpaired) electrons. The molecule has 1 aromatic carbocycles. The van der Waals surface area contributed by atoms with E-state index in [9.17, 15) is 0 Å². The van der Waals surface area contributed by atoms with Crippen molar-refractivity contribution in [1.29, 1.82) is 0 Å². The van der Waals surface area contributed by atoms with E-state index in [4.69, 9.17) is 4.74 Å². The van der Waals surface area contributed by atoms with Crippen molar-refractivity contribution in [3.8, 4) is 5.75 Å². The van der Waals surface area contributed by atoms with Gasteiger partial charge in [0.1, 0.15) is 5.75 Å². The van der Waals surface area contributed by atoms with Gasteiger partial charge in [-0.05, 0) is 38.5 Å². The van der Waals surface area contributed by atoms with Gasteiger partial charge in [-0.2, -0.15) is 5.10 Å². The van der Waals surface area contributed by atoms with E-state index in [1.807, 2.05) is 23.0 Å². The van der Waals surface area contributed by atoms with E-state index in [2.05, 4.69) is 43.4 Å². The van der Waals surface area contributed by atoms with Gasteiger partial charge in [0.25, 0.3) is 0 Å². The number of nitrogens with zero attached hydrogens (tertiary/aromatic N) is 2. The Labute approximate surface area is 114 Å². The molecule has 0 aliphatic rings. The fourth-order valence-corrected chi connectivity index (χ4v) is 1.91. The summed E-state index contributed by atoms with van der Waals surface area (Å²) in [6.07, 6.45) is 3.97. The van der Waals surface area contributed by atoms with Crippen LogP contribution in [0.25, 0.3) is 0 Å². The highest BCUT2D eigenvalue weighted by Gasteiger charge is 2.05. The van der Waals surface area contributed by atoms with Gasteiger partial charge < -0.3 is 10.1 Å². The lowest BCUT2D eigenvalue weighted by Gasteiger charge is -2.11. The topological polar surface area (TPSA) is 39.1 Å². The van der Waals surface area contributed by atoms with Crippen LogP contribution in [0.3, 0.4) is 0 Å². The lowest BCUT2D eigenvalue weighted by atomic mass is 10.2. The van der Waals surface area contributed by atoms with E-state index in [1.54, 1.807) is 7.11 Å². The van der Waals surface area contributed by atoms with Gasteiger partial charge in [-0.3, -0.25) is 4.68 Å². The molecule has 4 heteroatoms. The van der Waals surface area contributed by atoms with Crippen LogP contribution >= 0.6 is 0 Å². The number of rotatable bonds is 5. The molecule has 1 N–H and O–H groups in total. The summed E-state index contributed by atoms with van der Waals surface area (Å²) in [5.41, 5.74) is 3.39. The molecule has 2 aromatic rings. The number of methoxy groups -OCH3 is 1. The molecule has 0 bridgehead atoms. The lowest BCUT2D eigenvalue weighted by Crippen LogP contribution is -2.02. The van der Waals surface area contributed by atoms with Gasteiger partial charge in [0.05, 0.1) is 19.0 Å². The Bertz CT molecular complexity index is 546. The molecule has 0 saturated heterocycles. The second-order valence-electron chi connectivity index (χ2n) is 4.98. The second kappa shape index (κ2) is 5.78. The van der Waals surface area contributed by atoms with Gasteiger partial charge in [0.2, 0.25) is 0 Å². The number of anilines is 1.